The van der Waals surface area contributed by atoms with Crippen LogP contribution >= 0.6 is 0 Å². The van der Waals surface area contributed by atoms with E-state index in [0.29, 0.717) is 38.3 Å². The molecule has 0 aromatic heterocycles. The fraction of sp³-hybridized carbons (Fsp3) is 0.538. The van der Waals surface area contributed by atoms with E-state index in [4.69, 9.17) is 5.11 Å². The summed E-state index contributed by atoms with van der Waals surface area (Å²) >= 11 is 0. The Hall–Kier alpha value is -1.55. The SMILES string of the molecule is Cc1cc([N+](=O)[O-])ccc1S(=O)(=O)N1CCN(CCO)CC1. The van der Waals surface area contributed by atoms with Crippen LogP contribution in [0.1, 0.15) is 5.56 Å². The average molecular weight is 329 g/mol. The lowest BCUT2D eigenvalue weighted by atomic mass is 10.2. The Labute approximate surface area is 129 Å². The van der Waals surface area contributed by atoms with Crippen molar-refractivity contribution in [2.24, 2.45) is 0 Å². The maximum atomic E-state index is 12.6. The van der Waals surface area contributed by atoms with E-state index in [1.165, 1.54) is 22.5 Å². The number of hydrogen-bond donors (Lipinski definition) is 1. The molecule has 0 unspecified atom stereocenters. The van der Waals surface area contributed by atoms with E-state index < -0.39 is 14.9 Å². The number of aryl methyl sites for hydroxylation is 1. The van der Waals surface area contributed by atoms with E-state index in [9.17, 15) is 18.5 Å². The zero-order chi connectivity index (χ0) is 16.3. The van der Waals surface area contributed by atoms with Crippen molar-refractivity contribution in [2.45, 2.75) is 11.8 Å². The molecule has 9 heteroatoms. The number of hydrogen-bond acceptors (Lipinski definition) is 6. The molecular weight excluding hydrogens is 310 g/mol. The van der Waals surface area contributed by atoms with Gasteiger partial charge in [0, 0.05) is 44.9 Å². The molecule has 8 nitrogen and oxygen atoms in total. The number of piperazine rings is 1. The van der Waals surface area contributed by atoms with Gasteiger partial charge in [-0.25, -0.2) is 8.42 Å². The van der Waals surface area contributed by atoms with Gasteiger partial charge < -0.3 is 5.11 Å². The predicted octanol–water partition coefficient (Wildman–Crippen LogP) is 0.202. The molecule has 1 fully saturated rings. The van der Waals surface area contributed by atoms with Gasteiger partial charge in [-0.05, 0) is 18.6 Å². The van der Waals surface area contributed by atoms with Gasteiger partial charge in [0.15, 0.2) is 0 Å². The number of nitro groups is 1. The van der Waals surface area contributed by atoms with Crippen LogP contribution in [0.4, 0.5) is 5.69 Å². The third-order valence-corrected chi connectivity index (χ3v) is 5.79. The molecular formula is C13H19N3O5S. The van der Waals surface area contributed by atoms with Crippen LogP contribution in [0.15, 0.2) is 23.1 Å². The molecule has 1 aliphatic rings. The molecule has 1 aromatic carbocycles. The topological polar surface area (TPSA) is 104 Å². The van der Waals surface area contributed by atoms with Crippen LogP contribution in [-0.4, -0.2) is 67.0 Å². The minimum atomic E-state index is -3.65. The maximum Gasteiger partial charge on any atom is 0.269 e. The zero-order valence-electron chi connectivity index (χ0n) is 12.3. The molecule has 0 bridgehead atoms. The Morgan fingerprint density at radius 3 is 2.41 bits per heavy atom. The fourth-order valence-electron chi connectivity index (χ4n) is 2.51. The number of aliphatic hydroxyl groups is 1. The lowest BCUT2D eigenvalue weighted by Crippen LogP contribution is -2.49. The molecule has 0 radical (unpaired) electrons. The molecule has 22 heavy (non-hydrogen) atoms. The maximum absolute atomic E-state index is 12.6. The van der Waals surface area contributed by atoms with Crippen LogP contribution in [0.25, 0.3) is 0 Å². The Morgan fingerprint density at radius 1 is 1.27 bits per heavy atom. The fourth-order valence-corrected chi connectivity index (χ4v) is 4.14. The number of sulfonamides is 1. The molecule has 1 aliphatic heterocycles. The molecule has 1 aromatic rings. The number of rotatable bonds is 5. The second kappa shape index (κ2) is 6.69. The van der Waals surface area contributed by atoms with Gasteiger partial charge in [-0.2, -0.15) is 4.31 Å². The van der Waals surface area contributed by atoms with Gasteiger partial charge in [-0.15, -0.1) is 0 Å². The largest absolute Gasteiger partial charge is 0.395 e. The molecule has 1 saturated heterocycles. The van der Waals surface area contributed by atoms with Crippen molar-refractivity contribution in [1.82, 2.24) is 9.21 Å². The summed E-state index contributed by atoms with van der Waals surface area (Å²) in [4.78, 5) is 12.3. The molecule has 1 heterocycles. The molecule has 0 amide bonds. The highest BCUT2D eigenvalue weighted by molar-refractivity contribution is 7.89. The molecule has 1 N–H and O–H groups in total. The summed E-state index contributed by atoms with van der Waals surface area (Å²) in [5.74, 6) is 0. The molecule has 0 atom stereocenters. The van der Waals surface area contributed by atoms with Crippen LogP contribution in [0.5, 0.6) is 0 Å². The van der Waals surface area contributed by atoms with Gasteiger partial charge in [0.2, 0.25) is 10.0 Å². The predicted molar refractivity (Wildman–Crippen MR) is 80.1 cm³/mol. The third-order valence-electron chi connectivity index (χ3n) is 3.73. The summed E-state index contributed by atoms with van der Waals surface area (Å²) in [6.45, 7) is 3.95. The van der Waals surface area contributed by atoms with Crippen molar-refractivity contribution in [2.75, 3.05) is 39.3 Å². The van der Waals surface area contributed by atoms with Crippen LogP contribution in [0, 0.1) is 17.0 Å². The second-order valence-electron chi connectivity index (χ2n) is 5.18. The first-order chi connectivity index (χ1) is 10.4. The van der Waals surface area contributed by atoms with Crippen LogP contribution in [0.2, 0.25) is 0 Å². The first-order valence-electron chi connectivity index (χ1n) is 6.94. The smallest absolute Gasteiger partial charge is 0.269 e. The Balaban J connectivity index is 2.19. The van der Waals surface area contributed by atoms with Crippen molar-refractivity contribution in [3.63, 3.8) is 0 Å². The van der Waals surface area contributed by atoms with Crippen molar-refractivity contribution < 1.29 is 18.4 Å². The van der Waals surface area contributed by atoms with E-state index in [2.05, 4.69) is 0 Å². The van der Waals surface area contributed by atoms with Crippen molar-refractivity contribution >= 4 is 15.7 Å². The monoisotopic (exact) mass is 329 g/mol. The number of non-ortho nitro benzene ring substituents is 1. The van der Waals surface area contributed by atoms with Crippen LogP contribution in [-0.2, 0) is 10.0 Å². The van der Waals surface area contributed by atoms with E-state index in [0.717, 1.165) is 0 Å². The number of benzene rings is 1. The number of nitro benzene ring substituents is 1. The van der Waals surface area contributed by atoms with E-state index in [1.54, 1.807) is 6.92 Å². The average Bonchev–Trinajstić information content (AvgIpc) is 2.47. The van der Waals surface area contributed by atoms with Gasteiger partial charge in [0.05, 0.1) is 16.4 Å². The Morgan fingerprint density at radius 2 is 1.91 bits per heavy atom. The highest BCUT2D eigenvalue weighted by atomic mass is 32.2. The highest BCUT2D eigenvalue weighted by Gasteiger charge is 2.30. The Kier molecular flexibility index (Phi) is 5.12. The highest BCUT2D eigenvalue weighted by Crippen LogP contribution is 2.24. The summed E-state index contributed by atoms with van der Waals surface area (Å²) in [5, 5.41) is 19.6. The quantitative estimate of drug-likeness (QED) is 0.611. The lowest BCUT2D eigenvalue weighted by Gasteiger charge is -2.33. The van der Waals surface area contributed by atoms with Crippen LogP contribution in [0.3, 0.4) is 0 Å². The Bertz CT molecular complexity index is 654. The van der Waals surface area contributed by atoms with Gasteiger partial charge in [-0.3, -0.25) is 15.0 Å². The number of aliphatic hydroxyl groups excluding tert-OH is 1. The number of β-amino-alcohol motifs (C(OH)–C–C–N with tert-alkyl or cyclic N) is 1. The minimum Gasteiger partial charge on any atom is -0.395 e. The third kappa shape index (κ3) is 3.43. The summed E-state index contributed by atoms with van der Waals surface area (Å²) < 4.78 is 26.7. The van der Waals surface area contributed by atoms with Crippen molar-refractivity contribution in [1.29, 1.82) is 0 Å². The van der Waals surface area contributed by atoms with E-state index >= 15 is 0 Å². The first-order valence-corrected chi connectivity index (χ1v) is 8.38. The van der Waals surface area contributed by atoms with Crippen molar-refractivity contribution in [3.8, 4) is 0 Å². The molecule has 122 valence electrons. The molecule has 0 aliphatic carbocycles. The standard InChI is InChI=1S/C13H19N3O5S/c1-11-10-12(16(18)19)2-3-13(11)22(20,21)15-6-4-14(5-7-15)8-9-17/h2-3,10,17H,4-9H2,1H3. The van der Waals surface area contributed by atoms with E-state index in [1.807, 2.05) is 4.90 Å². The minimum absolute atomic E-state index is 0.0498. The lowest BCUT2D eigenvalue weighted by molar-refractivity contribution is -0.385. The summed E-state index contributed by atoms with van der Waals surface area (Å²) in [5.41, 5.74) is 0.246. The number of nitrogens with zero attached hydrogens (tertiary/aromatic N) is 3. The van der Waals surface area contributed by atoms with Gasteiger partial charge in [-0.1, -0.05) is 0 Å². The first kappa shape index (κ1) is 16.8. The molecule has 2 rings (SSSR count). The van der Waals surface area contributed by atoms with Gasteiger partial charge in [0.1, 0.15) is 0 Å². The van der Waals surface area contributed by atoms with Crippen molar-refractivity contribution in [3.05, 3.63) is 33.9 Å². The van der Waals surface area contributed by atoms with Gasteiger partial charge in [0.25, 0.3) is 5.69 Å². The summed E-state index contributed by atoms with van der Waals surface area (Å²) in [6, 6.07) is 3.78. The molecule has 0 spiro atoms. The molecule has 0 saturated carbocycles. The van der Waals surface area contributed by atoms with Crippen LogP contribution < -0.4 is 0 Å². The second-order valence-corrected chi connectivity index (χ2v) is 7.08. The normalized spacial score (nSPS) is 17.5. The summed E-state index contributed by atoms with van der Waals surface area (Å²) in [7, 11) is -3.65. The van der Waals surface area contributed by atoms with Gasteiger partial charge >= 0.3 is 0 Å². The van der Waals surface area contributed by atoms with E-state index in [-0.39, 0.29) is 17.2 Å². The zero-order valence-corrected chi connectivity index (χ0v) is 13.1. The summed E-state index contributed by atoms with van der Waals surface area (Å²) in [6.07, 6.45) is 0.